The highest BCUT2D eigenvalue weighted by Crippen LogP contribution is 2.24. The highest BCUT2D eigenvalue weighted by molar-refractivity contribution is 7.10. The second-order valence-electron chi connectivity index (χ2n) is 5.43. The summed E-state index contributed by atoms with van der Waals surface area (Å²) in [6, 6.07) is 1.95. The van der Waals surface area contributed by atoms with E-state index in [4.69, 9.17) is 11.6 Å². The van der Waals surface area contributed by atoms with Gasteiger partial charge < -0.3 is 14.8 Å². The van der Waals surface area contributed by atoms with Gasteiger partial charge in [0.2, 0.25) is 5.91 Å². The molecule has 0 bridgehead atoms. The molecule has 8 heteroatoms. The molecule has 1 atom stereocenters. The van der Waals surface area contributed by atoms with Crippen LogP contribution in [0.2, 0.25) is 5.02 Å². The van der Waals surface area contributed by atoms with E-state index in [0.717, 1.165) is 41.8 Å². The highest BCUT2D eigenvalue weighted by Gasteiger charge is 2.30. The molecule has 0 radical (unpaired) electrons. The lowest BCUT2D eigenvalue weighted by atomic mass is 10.1. The van der Waals surface area contributed by atoms with E-state index in [2.05, 4.69) is 10.3 Å². The van der Waals surface area contributed by atoms with Crippen LogP contribution in [0.25, 0.3) is 0 Å². The second kappa shape index (κ2) is 8.15. The Balaban J connectivity index is 0.00000192. The normalized spacial score (nSPS) is 17.8. The lowest BCUT2D eigenvalue weighted by molar-refractivity contribution is -0.134. The van der Waals surface area contributed by atoms with Gasteiger partial charge in [0, 0.05) is 55.8 Å². The van der Waals surface area contributed by atoms with E-state index in [1.54, 1.807) is 17.5 Å². The van der Waals surface area contributed by atoms with Crippen molar-refractivity contribution in [3.63, 3.8) is 0 Å². The van der Waals surface area contributed by atoms with Crippen LogP contribution in [0.5, 0.6) is 0 Å². The van der Waals surface area contributed by atoms with Crippen LogP contribution in [0.3, 0.4) is 0 Å². The molecule has 1 aliphatic rings. The van der Waals surface area contributed by atoms with E-state index in [-0.39, 0.29) is 24.4 Å². The summed E-state index contributed by atoms with van der Waals surface area (Å²) >= 11 is 7.54. The summed E-state index contributed by atoms with van der Waals surface area (Å²) < 4.78 is 1.98. The van der Waals surface area contributed by atoms with Crippen molar-refractivity contribution in [3.05, 3.63) is 39.6 Å². The summed E-state index contributed by atoms with van der Waals surface area (Å²) in [7, 11) is 1.97. The number of hydrogen-bond acceptors (Lipinski definition) is 4. The molecule has 2 aromatic heterocycles. The Morgan fingerprint density at radius 1 is 1.57 bits per heavy atom. The van der Waals surface area contributed by atoms with Crippen LogP contribution in [-0.2, 0) is 18.3 Å². The topological polar surface area (TPSA) is 50.2 Å². The highest BCUT2D eigenvalue weighted by atomic mass is 35.5. The van der Waals surface area contributed by atoms with Gasteiger partial charge >= 0.3 is 0 Å². The summed E-state index contributed by atoms with van der Waals surface area (Å²) in [5.74, 6) is 1.11. The molecular formula is C15H20Cl2N4OS. The number of amides is 1. The van der Waals surface area contributed by atoms with Crippen molar-refractivity contribution in [1.82, 2.24) is 19.8 Å². The van der Waals surface area contributed by atoms with Gasteiger partial charge in [-0.15, -0.1) is 23.7 Å². The maximum atomic E-state index is 12.6. The van der Waals surface area contributed by atoms with E-state index in [9.17, 15) is 4.79 Å². The molecule has 0 aliphatic carbocycles. The van der Waals surface area contributed by atoms with Crippen LogP contribution in [0.1, 0.15) is 23.2 Å². The predicted octanol–water partition coefficient (Wildman–Crippen LogP) is 2.66. The fourth-order valence-electron chi connectivity index (χ4n) is 2.79. The zero-order chi connectivity index (χ0) is 15.5. The standard InChI is InChI=1S/C15H19ClN4OS.ClH/c1-19-6-5-18-15(19)13-9-17-4-7-20(13)14(21)3-2-12-8-11(16)10-22-12;/h5-6,8,10,13,17H,2-4,7,9H2,1H3;1H. The van der Waals surface area contributed by atoms with Crippen LogP contribution in [-0.4, -0.2) is 40.0 Å². The van der Waals surface area contributed by atoms with Gasteiger partial charge in [-0.3, -0.25) is 4.79 Å². The molecule has 1 fully saturated rings. The van der Waals surface area contributed by atoms with E-state index in [1.165, 1.54) is 0 Å². The Labute approximate surface area is 151 Å². The Morgan fingerprint density at radius 2 is 2.39 bits per heavy atom. The Kier molecular flexibility index (Phi) is 6.47. The number of rotatable bonds is 4. The van der Waals surface area contributed by atoms with Crippen molar-refractivity contribution in [2.45, 2.75) is 18.9 Å². The summed E-state index contributed by atoms with van der Waals surface area (Å²) in [6.07, 6.45) is 4.95. The van der Waals surface area contributed by atoms with Crippen molar-refractivity contribution in [1.29, 1.82) is 0 Å². The van der Waals surface area contributed by atoms with E-state index in [1.807, 2.05) is 34.2 Å². The molecule has 3 heterocycles. The summed E-state index contributed by atoms with van der Waals surface area (Å²) in [5, 5.41) is 6.01. The molecule has 0 saturated carbocycles. The van der Waals surface area contributed by atoms with Crippen molar-refractivity contribution >= 4 is 41.3 Å². The van der Waals surface area contributed by atoms with Gasteiger partial charge in [0.15, 0.2) is 0 Å². The number of carbonyl (C=O) groups is 1. The number of carbonyl (C=O) groups excluding carboxylic acids is 1. The number of thiophene rings is 1. The molecule has 1 N–H and O–H groups in total. The van der Waals surface area contributed by atoms with Gasteiger partial charge in [-0.1, -0.05) is 11.6 Å². The molecule has 1 unspecified atom stereocenters. The van der Waals surface area contributed by atoms with E-state index >= 15 is 0 Å². The number of nitrogens with one attached hydrogen (secondary N) is 1. The molecule has 1 saturated heterocycles. The second-order valence-corrected chi connectivity index (χ2v) is 6.87. The number of aromatic nitrogens is 2. The summed E-state index contributed by atoms with van der Waals surface area (Å²) in [6.45, 7) is 2.31. The first-order valence-electron chi connectivity index (χ1n) is 7.35. The van der Waals surface area contributed by atoms with Crippen LogP contribution in [0.15, 0.2) is 23.8 Å². The third kappa shape index (κ3) is 4.26. The number of halogens is 2. The number of nitrogens with zero attached hydrogens (tertiary/aromatic N) is 3. The molecule has 1 aliphatic heterocycles. The van der Waals surface area contributed by atoms with Gasteiger partial charge in [0.1, 0.15) is 11.9 Å². The third-order valence-corrected chi connectivity index (χ3v) is 5.27. The lowest BCUT2D eigenvalue weighted by Crippen LogP contribution is -2.49. The van der Waals surface area contributed by atoms with E-state index < -0.39 is 0 Å². The average molecular weight is 375 g/mol. The van der Waals surface area contributed by atoms with Gasteiger partial charge in [0.05, 0.1) is 5.02 Å². The Hall–Kier alpha value is -1.08. The zero-order valence-corrected chi connectivity index (χ0v) is 15.3. The monoisotopic (exact) mass is 374 g/mol. The predicted molar refractivity (Wildman–Crippen MR) is 95.4 cm³/mol. The quantitative estimate of drug-likeness (QED) is 0.894. The van der Waals surface area contributed by atoms with Crippen molar-refractivity contribution < 1.29 is 4.79 Å². The fourth-order valence-corrected chi connectivity index (χ4v) is 3.87. The molecule has 5 nitrogen and oxygen atoms in total. The van der Waals surface area contributed by atoms with Gasteiger partial charge in [-0.05, 0) is 12.5 Å². The third-order valence-electron chi connectivity index (χ3n) is 3.93. The van der Waals surface area contributed by atoms with E-state index in [0.29, 0.717) is 6.42 Å². The minimum atomic E-state index is 0. The van der Waals surface area contributed by atoms with Crippen LogP contribution in [0, 0.1) is 0 Å². The number of aryl methyl sites for hydroxylation is 2. The maximum absolute atomic E-state index is 12.6. The molecular weight excluding hydrogens is 355 g/mol. The van der Waals surface area contributed by atoms with Gasteiger partial charge in [-0.2, -0.15) is 0 Å². The molecule has 23 heavy (non-hydrogen) atoms. The SMILES string of the molecule is Cl.Cn1ccnc1C1CNCCN1C(=O)CCc1cc(Cl)cs1. The largest absolute Gasteiger partial charge is 0.336 e. The summed E-state index contributed by atoms with van der Waals surface area (Å²) in [5.41, 5.74) is 0. The first-order valence-corrected chi connectivity index (χ1v) is 8.61. The molecule has 126 valence electrons. The lowest BCUT2D eigenvalue weighted by Gasteiger charge is -2.35. The van der Waals surface area contributed by atoms with Gasteiger partial charge in [0.25, 0.3) is 0 Å². The molecule has 3 rings (SSSR count). The first-order chi connectivity index (χ1) is 10.6. The average Bonchev–Trinajstić information content (AvgIpc) is 3.13. The van der Waals surface area contributed by atoms with Crippen LogP contribution < -0.4 is 5.32 Å². The minimum Gasteiger partial charge on any atom is -0.336 e. The van der Waals surface area contributed by atoms with Crippen molar-refractivity contribution in [2.75, 3.05) is 19.6 Å². The number of piperazine rings is 1. The number of hydrogen-bond donors (Lipinski definition) is 1. The maximum Gasteiger partial charge on any atom is 0.223 e. The van der Waals surface area contributed by atoms with Crippen molar-refractivity contribution in [3.8, 4) is 0 Å². The molecule has 0 aromatic carbocycles. The fraction of sp³-hybridized carbons (Fsp3) is 0.467. The smallest absolute Gasteiger partial charge is 0.223 e. The molecule has 1 amide bonds. The van der Waals surface area contributed by atoms with Crippen molar-refractivity contribution in [2.24, 2.45) is 7.05 Å². The number of imidazole rings is 1. The molecule has 0 spiro atoms. The summed E-state index contributed by atoms with van der Waals surface area (Å²) in [4.78, 5) is 20.1. The Bertz CT molecular complexity index is 657. The molecule has 2 aromatic rings. The first kappa shape index (κ1) is 18.3. The zero-order valence-electron chi connectivity index (χ0n) is 12.9. The Morgan fingerprint density at radius 3 is 3.04 bits per heavy atom. The van der Waals surface area contributed by atoms with Crippen LogP contribution >= 0.6 is 35.3 Å². The van der Waals surface area contributed by atoms with Crippen LogP contribution in [0.4, 0.5) is 0 Å². The minimum absolute atomic E-state index is 0. The van der Waals surface area contributed by atoms with Gasteiger partial charge in [-0.25, -0.2) is 4.98 Å².